The lowest BCUT2D eigenvalue weighted by Gasteiger charge is -2.49. The molecule has 1 heterocycles. The molecule has 1 amide bonds. The Kier molecular flexibility index (Phi) is 8.26. The Morgan fingerprint density at radius 1 is 1.15 bits per heavy atom. The second-order valence-electron chi connectivity index (χ2n) is 11.8. The van der Waals surface area contributed by atoms with Crippen LogP contribution in [0.3, 0.4) is 0 Å². The summed E-state index contributed by atoms with van der Waals surface area (Å²) in [6.07, 6.45) is 4.06. The number of rotatable bonds is 7. The molecule has 2 fully saturated rings. The molecule has 7 heteroatoms. The van der Waals surface area contributed by atoms with Crippen molar-refractivity contribution in [3.8, 4) is 0 Å². The predicted molar refractivity (Wildman–Crippen MR) is 140 cm³/mol. The van der Waals surface area contributed by atoms with Gasteiger partial charge in [0.25, 0.3) is 0 Å². The van der Waals surface area contributed by atoms with Crippen LogP contribution in [0.4, 0.5) is 0 Å². The Morgan fingerprint density at radius 3 is 2.26 bits per heavy atom. The Hall–Kier alpha value is -1.37. The lowest BCUT2D eigenvalue weighted by molar-refractivity contribution is -0.167. The van der Waals surface area contributed by atoms with Gasteiger partial charge in [0.1, 0.15) is 6.04 Å². The minimum atomic E-state index is -1.99. The largest absolute Gasteiger partial charge is 0.461 e. The molecule has 0 radical (unpaired) electrons. The van der Waals surface area contributed by atoms with Crippen LogP contribution in [0.2, 0.25) is 23.2 Å². The predicted octanol–water partition coefficient (Wildman–Crippen LogP) is 6.34. The van der Waals surface area contributed by atoms with Crippen LogP contribution in [-0.2, 0) is 24.2 Å². The average Bonchev–Trinajstić information content (AvgIpc) is 2.71. The molecule has 1 saturated carbocycles. The van der Waals surface area contributed by atoms with Crippen molar-refractivity contribution in [3.63, 3.8) is 0 Å². The van der Waals surface area contributed by atoms with Crippen molar-refractivity contribution < 1.29 is 18.8 Å². The first-order valence-electron chi connectivity index (χ1n) is 12.7. The molecular weight excluding hydrogens is 466 g/mol. The van der Waals surface area contributed by atoms with Crippen molar-refractivity contribution in [2.75, 3.05) is 13.2 Å². The third kappa shape index (κ3) is 5.55. The van der Waals surface area contributed by atoms with Gasteiger partial charge in [0.15, 0.2) is 8.32 Å². The monoisotopic (exact) mass is 507 g/mol. The zero-order chi connectivity index (χ0) is 25.3. The van der Waals surface area contributed by atoms with E-state index in [0.717, 1.165) is 37.7 Å². The first kappa shape index (κ1) is 27.2. The van der Waals surface area contributed by atoms with Crippen molar-refractivity contribution >= 4 is 31.8 Å². The van der Waals surface area contributed by atoms with Crippen LogP contribution in [0.1, 0.15) is 72.3 Å². The maximum atomic E-state index is 14.1. The number of hydrogen-bond acceptors (Lipinski definition) is 4. The van der Waals surface area contributed by atoms with E-state index in [2.05, 4.69) is 33.9 Å². The van der Waals surface area contributed by atoms with Gasteiger partial charge in [-0.2, -0.15) is 0 Å². The second kappa shape index (κ2) is 10.3. The topological polar surface area (TPSA) is 55.8 Å². The second-order valence-corrected chi connectivity index (χ2v) is 17.1. The standard InChI is InChI=1S/C27H42ClNO4Si/c1-19(2)33-24(30)23-20(18-32-34(6,7)26(3,4)5)10-8-17-29(23)25(31)27(15-9-16-27)21-11-13-22(28)14-12-21/h11-14,19-20,23H,8-10,15-18H2,1-7H3/t20-,23-/m0/s1. The Morgan fingerprint density at radius 2 is 1.76 bits per heavy atom. The molecule has 0 spiro atoms. The number of esters is 1. The third-order valence-electron chi connectivity index (χ3n) is 8.09. The molecule has 0 unspecified atom stereocenters. The van der Waals surface area contributed by atoms with Crippen molar-refractivity contribution in [1.82, 2.24) is 4.90 Å². The van der Waals surface area contributed by atoms with Gasteiger partial charge in [-0.25, -0.2) is 4.79 Å². The molecule has 1 aliphatic carbocycles. The van der Waals surface area contributed by atoms with Crippen LogP contribution in [0.25, 0.3) is 0 Å². The van der Waals surface area contributed by atoms with E-state index in [9.17, 15) is 9.59 Å². The summed E-state index contributed by atoms with van der Waals surface area (Å²) in [5.74, 6) is -0.332. The van der Waals surface area contributed by atoms with E-state index in [1.54, 1.807) is 0 Å². The summed E-state index contributed by atoms with van der Waals surface area (Å²) in [5, 5.41) is 0.736. The smallest absolute Gasteiger partial charge is 0.329 e. The fourth-order valence-corrected chi connectivity index (χ4v) is 6.02. The number of carbonyl (C=O) groups excluding carboxylic acids is 2. The van der Waals surface area contributed by atoms with Crippen LogP contribution >= 0.6 is 11.6 Å². The molecule has 190 valence electrons. The molecule has 1 aromatic carbocycles. The van der Waals surface area contributed by atoms with Crippen LogP contribution < -0.4 is 0 Å². The van der Waals surface area contributed by atoms with E-state index in [-0.39, 0.29) is 28.9 Å². The molecule has 1 aliphatic heterocycles. The summed E-state index contributed by atoms with van der Waals surface area (Å²) in [4.78, 5) is 29.4. The van der Waals surface area contributed by atoms with Gasteiger partial charge < -0.3 is 14.1 Å². The maximum Gasteiger partial charge on any atom is 0.329 e. The molecular formula is C27H42ClNO4Si. The summed E-state index contributed by atoms with van der Waals surface area (Å²) in [6, 6.07) is 7.01. The number of piperidine rings is 1. The van der Waals surface area contributed by atoms with Crippen molar-refractivity contribution in [2.24, 2.45) is 5.92 Å². The zero-order valence-electron chi connectivity index (χ0n) is 21.9. The molecule has 2 atom stereocenters. The number of nitrogens with zero attached hydrogens (tertiary/aromatic N) is 1. The van der Waals surface area contributed by atoms with Gasteiger partial charge in [0, 0.05) is 24.1 Å². The van der Waals surface area contributed by atoms with Gasteiger partial charge in [0.2, 0.25) is 5.91 Å². The van der Waals surface area contributed by atoms with Crippen LogP contribution in [0, 0.1) is 5.92 Å². The SMILES string of the molecule is CC(C)OC(=O)[C@@H]1[C@H](CO[Si](C)(C)C(C)(C)C)CCCN1C(=O)C1(c2ccc(Cl)cc2)CCC1. The zero-order valence-corrected chi connectivity index (χ0v) is 23.7. The molecule has 5 nitrogen and oxygen atoms in total. The fourth-order valence-electron chi connectivity index (χ4n) is 4.83. The van der Waals surface area contributed by atoms with Gasteiger partial charge in [0.05, 0.1) is 11.5 Å². The Balaban J connectivity index is 1.90. The number of ether oxygens (including phenoxy) is 1. The summed E-state index contributed by atoms with van der Waals surface area (Å²) in [6.45, 7) is 15.9. The quantitative estimate of drug-likeness (QED) is 0.319. The van der Waals surface area contributed by atoms with Crippen LogP contribution in [0.15, 0.2) is 24.3 Å². The minimum absolute atomic E-state index is 0.0452. The number of hydrogen-bond donors (Lipinski definition) is 0. The van der Waals surface area contributed by atoms with Gasteiger partial charge in [-0.3, -0.25) is 4.79 Å². The maximum absolute atomic E-state index is 14.1. The first-order chi connectivity index (χ1) is 15.8. The van der Waals surface area contributed by atoms with E-state index in [0.29, 0.717) is 18.2 Å². The molecule has 0 aromatic heterocycles. The highest BCUT2D eigenvalue weighted by Gasteiger charge is 2.52. The number of amides is 1. The highest BCUT2D eigenvalue weighted by atomic mass is 35.5. The Bertz CT molecular complexity index is 874. The normalized spacial score (nSPS) is 22.9. The molecule has 2 aliphatic rings. The highest BCUT2D eigenvalue weighted by Crippen LogP contribution is 2.47. The summed E-state index contributed by atoms with van der Waals surface area (Å²) >= 11 is 6.12. The number of likely N-dealkylation sites (tertiary alicyclic amines) is 1. The molecule has 0 bridgehead atoms. The van der Waals surface area contributed by atoms with E-state index < -0.39 is 19.8 Å². The van der Waals surface area contributed by atoms with E-state index >= 15 is 0 Å². The number of carbonyl (C=O) groups is 2. The summed E-state index contributed by atoms with van der Waals surface area (Å²) in [7, 11) is -1.99. The van der Waals surface area contributed by atoms with E-state index in [1.165, 1.54) is 0 Å². The van der Waals surface area contributed by atoms with E-state index in [1.807, 2.05) is 43.0 Å². The number of benzene rings is 1. The lowest BCUT2D eigenvalue weighted by atomic mass is 9.63. The molecule has 0 N–H and O–H groups in total. The summed E-state index contributed by atoms with van der Waals surface area (Å²) < 4.78 is 12.2. The highest BCUT2D eigenvalue weighted by molar-refractivity contribution is 6.74. The van der Waals surface area contributed by atoms with Crippen molar-refractivity contribution in [1.29, 1.82) is 0 Å². The fraction of sp³-hybridized carbons (Fsp3) is 0.704. The average molecular weight is 508 g/mol. The minimum Gasteiger partial charge on any atom is -0.461 e. The van der Waals surface area contributed by atoms with Gasteiger partial charge >= 0.3 is 5.97 Å². The summed E-state index contributed by atoms with van der Waals surface area (Å²) in [5.41, 5.74) is 0.409. The molecule has 34 heavy (non-hydrogen) atoms. The van der Waals surface area contributed by atoms with Crippen LogP contribution in [0.5, 0.6) is 0 Å². The van der Waals surface area contributed by atoms with Crippen molar-refractivity contribution in [2.45, 2.75) is 102 Å². The van der Waals surface area contributed by atoms with Crippen LogP contribution in [-0.4, -0.2) is 50.4 Å². The Labute approximate surface area is 211 Å². The third-order valence-corrected chi connectivity index (χ3v) is 12.8. The molecule has 1 aromatic rings. The van der Waals surface area contributed by atoms with Gasteiger partial charge in [-0.15, -0.1) is 0 Å². The molecule has 1 saturated heterocycles. The lowest BCUT2D eigenvalue weighted by Crippen LogP contribution is -2.61. The molecule has 3 rings (SSSR count). The first-order valence-corrected chi connectivity index (χ1v) is 16.0. The van der Waals surface area contributed by atoms with E-state index in [4.69, 9.17) is 20.8 Å². The van der Waals surface area contributed by atoms with Gasteiger partial charge in [-0.1, -0.05) is 50.9 Å². The van der Waals surface area contributed by atoms with Gasteiger partial charge in [-0.05, 0) is 75.4 Å². The van der Waals surface area contributed by atoms with Crippen molar-refractivity contribution in [3.05, 3.63) is 34.9 Å². The number of halogens is 1.